The minimum Gasteiger partial charge on any atom is -0.488 e. The van der Waals surface area contributed by atoms with Crippen LogP contribution in [0, 0.1) is 0 Å². The number of fused-ring (bicyclic) bond motifs is 2. The van der Waals surface area contributed by atoms with E-state index in [4.69, 9.17) is 4.74 Å². The van der Waals surface area contributed by atoms with Crippen LogP contribution in [0.5, 0.6) is 5.75 Å². The Labute approximate surface area is 207 Å². The fourth-order valence-corrected chi connectivity index (χ4v) is 4.43. The number of nitrogens with one attached hydrogen (secondary N) is 2. The first-order valence-electron chi connectivity index (χ1n) is 12.0. The minimum absolute atomic E-state index is 0.0726. The third kappa shape index (κ3) is 4.76. The van der Waals surface area contributed by atoms with Crippen molar-refractivity contribution in [3.05, 3.63) is 53.5 Å². The second-order valence-electron chi connectivity index (χ2n) is 9.78. The molecule has 0 spiro atoms. The lowest BCUT2D eigenvalue weighted by atomic mass is 10.0. The van der Waals surface area contributed by atoms with E-state index in [9.17, 15) is 19.1 Å². The number of piperidine rings is 1. The smallest absolute Gasteiger partial charge is 0.261 e. The van der Waals surface area contributed by atoms with Gasteiger partial charge in [0, 0.05) is 24.5 Å². The quantitative estimate of drug-likeness (QED) is 0.458. The molecule has 11 heteroatoms. The summed E-state index contributed by atoms with van der Waals surface area (Å²) in [5, 5.41) is 20.3. The molecule has 1 fully saturated rings. The van der Waals surface area contributed by atoms with Gasteiger partial charge in [-0.15, -0.1) is 0 Å². The Hall–Kier alpha value is -3.57. The molecule has 0 aliphatic carbocycles. The fourth-order valence-electron chi connectivity index (χ4n) is 4.43. The van der Waals surface area contributed by atoms with Crippen LogP contribution >= 0.6 is 0 Å². The van der Waals surface area contributed by atoms with E-state index < -0.39 is 17.7 Å². The molecule has 0 radical (unpaired) electrons. The van der Waals surface area contributed by atoms with Crippen LogP contribution in [0.2, 0.25) is 0 Å². The molecular formula is C25H29FN6O4. The molecule has 10 nitrogen and oxygen atoms in total. The van der Waals surface area contributed by atoms with E-state index in [1.165, 1.54) is 29.5 Å². The summed E-state index contributed by atoms with van der Waals surface area (Å²) in [6.45, 7) is 4.30. The Kier molecular flexibility index (Phi) is 6.35. The maximum absolute atomic E-state index is 14.5. The highest BCUT2D eigenvalue weighted by Gasteiger charge is 2.35. The van der Waals surface area contributed by atoms with Gasteiger partial charge in [0.15, 0.2) is 5.65 Å². The van der Waals surface area contributed by atoms with E-state index in [-0.39, 0.29) is 25.1 Å². The summed E-state index contributed by atoms with van der Waals surface area (Å²) in [6.07, 6.45) is 4.63. The van der Waals surface area contributed by atoms with E-state index >= 15 is 0 Å². The SMILES string of the molecule is CC(C)(O)[C@H](F)CN1Cc2cc(NC(=O)c3cnn4cccnc34)c(OC3CCNCC3)cc2C1=O. The molecule has 5 rings (SSSR count). The second-order valence-corrected chi connectivity index (χ2v) is 9.78. The highest BCUT2D eigenvalue weighted by molar-refractivity contribution is 6.09. The zero-order chi connectivity index (χ0) is 25.4. The van der Waals surface area contributed by atoms with Crippen molar-refractivity contribution in [3.8, 4) is 5.75 Å². The first-order chi connectivity index (χ1) is 17.2. The predicted molar refractivity (Wildman–Crippen MR) is 130 cm³/mol. The molecule has 4 heterocycles. The van der Waals surface area contributed by atoms with Gasteiger partial charge in [-0.3, -0.25) is 9.59 Å². The summed E-state index contributed by atoms with van der Waals surface area (Å²) in [6, 6.07) is 5.05. The van der Waals surface area contributed by atoms with E-state index in [0.29, 0.717) is 33.8 Å². The summed E-state index contributed by atoms with van der Waals surface area (Å²) < 4.78 is 22.3. The molecule has 0 unspecified atom stereocenters. The molecule has 1 atom stereocenters. The molecule has 0 saturated carbocycles. The molecule has 2 amide bonds. The number of anilines is 1. The van der Waals surface area contributed by atoms with Crippen molar-refractivity contribution in [2.75, 3.05) is 25.0 Å². The first-order valence-corrected chi connectivity index (χ1v) is 12.0. The van der Waals surface area contributed by atoms with Crippen LogP contribution in [-0.2, 0) is 6.54 Å². The topological polar surface area (TPSA) is 121 Å². The minimum atomic E-state index is -1.61. The first kappa shape index (κ1) is 24.1. The van der Waals surface area contributed by atoms with Crippen LogP contribution in [0.15, 0.2) is 36.8 Å². The molecule has 1 aromatic carbocycles. The molecule has 0 bridgehead atoms. The lowest BCUT2D eigenvalue weighted by Crippen LogP contribution is -2.42. The number of amides is 2. The average Bonchev–Trinajstić information content (AvgIpc) is 3.41. The number of halogens is 1. The maximum Gasteiger partial charge on any atom is 0.261 e. The number of ether oxygens (including phenoxy) is 1. The molecule has 2 aliphatic rings. The lowest BCUT2D eigenvalue weighted by molar-refractivity contribution is -0.0159. The van der Waals surface area contributed by atoms with Gasteiger partial charge >= 0.3 is 0 Å². The molecule has 2 aliphatic heterocycles. The van der Waals surface area contributed by atoms with Gasteiger partial charge in [0.25, 0.3) is 11.8 Å². The normalized spacial score (nSPS) is 17.3. The molecule has 36 heavy (non-hydrogen) atoms. The van der Waals surface area contributed by atoms with Gasteiger partial charge in [0.1, 0.15) is 23.6 Å². The van der Waals surface area contributed by atoms with Crippen LogP contribution in [0.1, 0.15) is 53.0 Å². The second kappa shape index (κ2) is 9.47. The van der Waals surface area contributed by atoms with Gasteiger partial charge in [-0.1, -0.05) is 0 Å². The number of aromatic nitrogens is 3. The predicted octanol–water partition coefficient (Wildman–Crippen LogP) is 2.18. The monoisotopic (exact) mass is 496 g/mol. The van der Waals surface area contributed by atoms with Crippen molar-refractivity contribution < 1.29 is 23.8 Å². The highest BCUT2D eigenvalue weighted by Crippen LogP contribution is 2.36. The van der Waals surface area contributed by atoms with Crippen LogP contribution in [0.4, 0.5) is 10.1 Å². The number of hydrogen-bond donors (Lipinski definition) is 3. The van der Waals surface area contributed by atoms with Crippen LogP contribution in [0.3, 0.4) is 0 Å². The van der Waals surface area contributed by atoms with Crippen molar-refractivity contribution in [2.24, 2.45) is 0 Å². The zero-order valence-electron chi connectivity index (χ0n) is 20.2. The zero-order valence-corrected chi connectivity index (χ0v) is 20.2. The molecule has 190 valence electrons. The Morgan fingerprint density at radius 2 is 2.14 bits per heavy atom. The van der Waals surface area contributed by atoms with E-state index in [1.807, 2.05) is 0 Å². The number of carbonyl (C=O) groups excluding carboxylic acids is 2. The lowest BCUT2D eigenvalue weighted by Gasteiger charge is -2.26. The van der Waals surface area contributed by atoms with Crippen LogP contribution < -0.4 is 15.4 Å². The van der Waals surface area contributed by atoms with Crippen molar-refractivity contribution in [2.45, 2.75) is 51.1 Å². The van der Waals surface area contributed by atoms with E-state index in [1.54, 1.807) is 30.6 Å². The molecule has 3 N–H and O–H groups in total. The number of alkyl halides is 1. The summed E-state index contributed by atoms with van der Waals surface area (Å²) >= 11 is 0. The maximum atomic E-state index is 14.5. The van der Waals surface area contributed by atoms with Crippen molar-refractivity contribution in [1.82, 2.24) is 24.8 Å². The standard InChI is InChI=1S/C25H29FN6O4/c1-25(2,35)21(26)14-31-13-15-10-19(30-23(33)18-12-29-32-9-3-6-28-22(18)32)20(11-17(15)24(31)34)36-16-4-7-27-8-5-16/h3,6,9-12,16,21,27,35H,4-5,7-8,13-14H2,1-2H3,(H,30,33)/t21-/m1/s1. The fraction of sp³-hybridized carbons (Fsp3) is 0.440. The number of nitrogens with zero attached hydrogens (tertiary/aromatic N) is 4. The third-order valence-corrected chi connectivity index (χ3v) is 6.58. The number of carbonyl (C=O) groups is 2. The molecule has 3 aromatic rings. The largest absolute Gasteiger partial charge is 0.488 e. The molecular weight excluding hydrogens is 467 g/mol. The van der Waals surface area contributed by atoms with E-state index in [2.05, 4.69) is 20.7 Å². The van der Waals surface area contributed by atoms with Gasteiger partial charge in [-0.2, -0.15) is 5.10 Å². The molecule has 1 saturated heterocycles. The van der Waals surface area contributed by atoms with Gasteiger partial charge < -0.3 is 25.4 Å². The molecule has 2 aromatic heterocycles. The number of aliphatic hydroxyl groups is 1. The Balaban J connectivity index is 1.45. The van der Waals surface area contributed by atoms with E-state index in [0.717, 1.165) is 25.9 Å². The number of hydrogen-bond acceptors (Lipinski definition) is 7. The van der Waals surface area contributed by atoms with Crippen molar-refractivity contribution in [1.29, 1.82) is 0 Å². The summed E-state index contributed by atoms with van der Waals surface area (Å²) in [7, 11) is 0. The van der Waals surface area contributed by atoms with Gasteiger partial charge in [0.2, 0.25) is 0 Å². The van der Waals surface area contributed by atoms with Crippen LogP contribution in [0.25, 0.3) is 5.65 Å². The van der Waals surface area contributed by atoms with Crippen LogP contribution in [-0.4, -0.2) is 73.9 Å². The van der Waals surface area contributed by atoms with Crippen molar-refractivity contribution >= 4 is 23.1 Å². The van der Waals surface area contributed by atoms with Crippen molar-refractivity contribution in [3.63, 3.8) is 0 Å². The Bertz CT molecular complexity index is 1300. The highest BCUT2D eigenvalue weighted by atomic mass is 19.1. The number of benzene rings is 1. The Morgan fingerprint density at radius 1 is 1.36 bits per heavy atom. The Morgan fingerprint density at radius 3 is 2.89 bits per heavy atom. The van der Waals surface area contributed by atoms with Gasteiger partial charge in [-0.05, 0) is 63.5 Å². The number of rotatable bonds is 7. The summed E-state index contributed by atoms with van der Waals surface area (Å²) in [4.78, 5) is 31.9. The summed E-state index contributed by atoms with van der Waals surface area (Å²) in [5.41, 5.74) is 0.610. The average molecular weight is 497 g/mol. The third-order valence-electron chi connectivity index (χ3n) is 6.58. The van der Waals surface area contributed by atoms with Gasteiger partial charge in [-0.25, -0.2) is 13.9 Å². The summed E-state index contributed by atoms with van der Waals surface area (Å²) in [5.74, 6) is -0.365. The van der Waals surface area contributed by atoms with Gasteiger partial charge in [0.05, 0.1) is 24.0 Å².